The average molecular weight is 1070 g/mol. The van der Waals surface area contributed by atoms with Crippen molar-refractivity contribution >= 4 is 29.2 Å². The van der Waals surface area contributed by atoms with Crippen molar-refractivity contribution in [1.82, 2.24) is 10.6 Å². The van der Waals surface area contributed by atoms with Gasteiger partial charge in [0.25, 0.3) is 0 Å². The molecule has 0 bridgehead atoms. The molecular weight excluding hydrogens is 985 g/mol. The van der Waals surface area contributed by atoms with Crippen molar-refractivity contribution < 1.29 is 68.5 Å². The van der Waals surface area contributed by atoms with Crippen molar-refractivity contribution in [3.05, 3.63) is 63.2 Å². The minimum Gasteiger partial charge on any atom is -0.507 e. The zero-order valence-electron chi connectivity index (χ0n) is 46.3. The minimum absolute atomic E-state index is 0.0632. The number of Topliss-reactive ketones (excluding diaryl/α,β-unsaturated/α-hetero) is 1. The van der Waals surface area contributed by atoms with E-state index in [0.717, 1.165) is 54.8 Å². The average Bonchev–Trinajstić information content (AvgIpc) is 3.97. The normalized spacial score (nSPS) is 33.6. The Kier molecular flexibility index (Phi) is 16.9. The predicted octanol–water partition coefficient (Wildman–Crippen LogP) is 7.87. The molecule has 16 heteroatoms. The number of hydrogen-bond acceptors (Lipinski definition) is 14. The lowest BCUT2D eigenvalue weighted by atomic mass is 9.47. The number of carbonyl (C=O) groups is 5. The molecule has 0 radical (unpaired) electrons. The van der Waals surface area contributed by atoms with Crippen LogP contribution in [0, 0.1) is 46.3 Å². The Morgan fingerprint density at radius 1 is 0.909 bits per heavy atom. The van der Waals surface area contributed by atoms with E-state index >= 15 is 0 Å². The first-order valence-electron chi connectivity index (χ1n) is 28.7. The Balaban J connectivity index is 0.748. The van der Waals surface area contributed by atoms with Crippen molar-refractivity contribution in [3.63, 3.8) is 0 Å². The summed E-state index contributed by atoms with van der Waals surface area (Å²) >= 11 is 0. The molecule has 3 saturated carbocycles. The Morgan fingerprint density at radius 3 is 2.40 bits per heavy atom. The smallest absolute Gasteiger partial charge is 0.220 e. The predicted molar refractivity (Wildman–Crippen MR) is 285 cm³/mol. The van der Waals surface area contributed by atoms with Gasteiger partial charge < -0.3 is 55.1 Å². The number of aliphatic hydroxyl groups is 3. The molecule has 0 unspecified atom stereocenters. The highest BCUT2D eigenvalue weighted by molar-refractivity contribution is 6.31. The number of ketones is 3. The van der Waals surface area contributed by atoms with Crippen LogP contribution in [0.2, 0.25) is 0 Å². The van der Waals surface area contributed by atoms with E-state index in [4.69, 9.17) is 18.9 Å². The molecular formula is C61H84N2O14. The summed E-state index contributed by atoms with van der Waals surface area (Å²) in [5, 5.41) is 61.9. The van der Waals surface area contributed by atoms with Gasteiger partial charge in [-0.2, -0.15) is 0 Å². The lowest BCUT2D eigenvalue weighted by Crippen LogP contribution is -2.56. The fourth-order valence-electron chi connectivity index (χ4n) is 15.8. The summed E-state index contributed by atoms with van der Waals surface area (Å²) in [6.07, 6.45) is 10.8. The molecule has 77 heavy (non-hydrogen) atoms. The van der Waals surface area contributed by atoms with Crippen LogP contribution in [0.3, 0.4) is 0 Å². The first-order valence-corrected chi connectivity index (χ1v) is 28.7. The summed E-state index contributed by atoms with van der Waals surface area (Å²) in [6, 6.07) is 3.39. The molecule has 2 amide bonds. The third-order valence-corrected chi connectivity index (χ3v) is 19.9. The quantitative estimate of drug-likeness (QED) is 0.0343. The van der Waals surface area contributed by atoms with Gasteiger partial charge >= 0.3 is 0 Å². The number of aromatic hydroxyl groups is 2. The molecule has 4 fully saturated rings. The van der Waals surface area contributed by atoms with Crippen molar-refractivity contribution in [2.75, 3.05) is 26.9 Å². The third-order valence-electron chi connectivity index (χ3n) is 19.9. The van der Waals surface area contributed by atoms with Crippen LogP contribution in [-0.2, 0) is 35.0 Å². The van der Waals surface area contributed by atoms with Crippen LogP contribution in [0.5, 0.6) is 17.2 Å². The highest BCUT2D eigenvalue weighted by Crippen LogP contribution is 2.67. The third kappa shape index (κ3) is 10.8. The topological polar surface area (TPSA) is 247 Å². The summed E-state index contributed by atoms with van der Waals surface area (Å²) in [7, 11) is 1.32. The van der Waals surface area contributed by atoms with E-state index in [1.54, 1.807) is 12.5 Å². The van der Waals surface area contributed by atoms with Crippen LogP contribution in [0.25, 0.3) is 0 Å². The molecule has 1 aliphatic heterocycles. The van der Waals surface area contributed by atoms with Gasteiger partial charge in [-0.3, -0.25) is 24.0 Å². The van der Waals surface area contributed by atoms with Crippen LogP contribution in [0.4, 0.5) is 0 Å². The van der Waals surface area contributed by atoms with Crippen LogP contribution in [-0.4, -0.2) is 118 Å². The summed E-state index contributed by atoms with van der Waals surface area (Å²) in [5.41, 5.74) is -1.73. The Bertz CT molecular complexity index is 2630. The molecule has 16 nitrogen and oxygen atoms in total. The Morgan fingerprint density at radius 2 is 1.66 bits per heavy atom. The molecule has 0 aromatic heterocycles. The number of aliphatic hydroxyl groups excluding tert-OH is 2. The molecule has 422 valence electrons. The van der Waals surface area contributed by atoms with Gasteiger partial charge in [-0.05, 0) is 117 Å². The maximum absolute atomic E-state index is 14.1. The molecule has 7 aliphatic rings. The van der Waals surface area contributed by atoms with E-state index in [9.17, 15) is 49.5 Å². The number of rotatable bonds is 19. The number of allylic oxidation sites excluding steroid dienone is 1. The number of carbonyl (C=O) groups excluding carboxylic acids is 5. The molecule has 14 atom stereocenters. The van der Waals surface area contributed by atoms with Gasteiger partial charge in [0.05, 0.1) is 48.2 Å². The highest BCUT2D eigenvalue weighted by Gasteiger charge is 2.59. The van der Waals surface area contributed by atoms with E-state index in [1.807, 2.05) is 0 Å². The molecule has 7 N–H and O–H groups in total. The molecule has 6 aliphatic carbocycles. The Labute approximate surface area is 453 Å². The van der Waals surface area contributed by atoms with Crippen molar-refractivity contribution in [1.29, 1.82) is 0 Å². The summed E-state index contributed by atoms with van der Waals surface area (Å²) < 4.78 is 24.1. The van der Waals surface area contributed by atoms with E-state index in [2.05, 4.69) is 51.3 Å². The van der Waals surface area contributed by atoms with Gasteiger partial charge in [0.15, 0.2) is 17.9 Å². The van der Waals surface area contributed by atoms with Crippen molar-refractivity contribution in [2.45, 2.75) is 193 Å². The standard InChI is InChI=1S/C61H84N2O14/c1-32(2)11-8-12-33(3)40-17-18-41-37-16-15-35-27-36(21-23-59(35,5)42(37)22-24-60(40,41)6)75-26-10-25-62-47(66)19-20-48(67)63-43-28-49(76-34(4)54(43)68)77-45-30-61(73,46(65)31-64)29-39-51(45)58(72)53-52(56(39)70)55(69)38-13-9-14-44(74-7)50(38)57(53)71/h9,13-15,32-34,36-37,40-43,45,49,54,64,68,70,72-73H,8,10-12,16-31H2,1-7H3,(H,62,66)(H,63,67)/t33-,34+,36+,37+,40-,41+,42+,43+,45+,49+,54-,59+,60-,61+/m1/s1. The Hall–Kier alpha value is -4.71. The summed E-state index contributed by atoms with van der Waals surface area (Å²) in [6.45, 7) is 13.8. The number of phenols is 2. The fraction of sp³-hybridized carbons (Fsp3) is 0.689. The van der Waals surface area contributed by atoms with Gasteiger partial charge in [-0.1, -0.05) is 77.7 Å². The van der Waals surface area contributed by atoms with E-state index < -0.39 is 102 Å². The van der Waals surface area contributed by atoms with Gasteiger partial charge in [0.1, 0.15) is 35.6 Å². The van der Waals surface area contributed by atoms with Gasteiger partial charge in [0, 0.05) is 61.9 Å². The van der Waals surface area contributed by atoms with Crippen molar-refractivity contribution in [2.24, 2.45) is 46.3 Å². The first kappa shape index (κ1) is 57.0. The number of hydrogen-bond donors (Lipinski definition) is 7. The number of benzene rings is 2. The molecule has 2 aromatic carbocycles. The van der Waals surface area contributed by atoms with Crippen LogP contribution in [0.1, 0.15) is 193 Å². The number of ether oxygens (including phenoxy) is 4. The van der Waals surface area contributed by atoms with Crippen LogP contribution >= 0.6 is 0 Å². The first-order chi connectivity index (χ1) is 36.6. The van der Waals surface area contributed by atoms with Crippen LogP contribution in [0.15, 0.2) is 29.8 Å². The summed E-state index contributed by atoms with van der Waals surface area (Å²) in [4.78, 5) is 67.2. The molecule has 1 heterocycles. The minimum atomic E-state index is -2.35. The largest absolute Gasteiger partial charge is 0.507 e. The van der Waals surface area contributed by atoms with E-state index in [1.165, 1.54) is 76.7 Å². The number of fused-ring (bicyclic) bond motifs is 8. The van der Waals surface area contributed by atoms with E-state index in [-0.39, 0.29) is 64.7 Å². The molecule has 0 spiro atoms. The second-order valence-electron chi connectivity index (χ2n) is 24.9. The number of methoxy groups -OCH3 is 1. The lowest BCUT2D eigenvalue weighted by molar-refractivity contribution is -0.249. The second-order valence-corrected chi connectivity index (χ2v) is 24.9. The second kappa shape index (κ2) is 22.8. The van der Waals surface area contributed by atoms with Crippen molar-refractivity contribution in [3.8, 4) is 17.2 Å². The number of phenolic OH excluding ortho intramolecular Hbond substituents is 2. The molecule has 9 rings (SSSR count). The highest BCUT2D eigenvalue weighted by atomic mass is 16.7. The van der Waals surface area contributed by atoms with Crippen LogP contribution < -0.4 is 15.4 Å². The number of amides is 2. The molecule has 2 aromatic rings. The summed E-state index contributed by atoms with van der Waals surface area (Å²) in [5.74, 6) is -0.0667. The maximum Gasteiger partial charge on any atom is 0.220 e. The fourth-order valence-corrected chi connectivity index (χ4v) is 15.8. The maximum atomic E-state index is 14.1. The lowest BCUT2D eigenvalue weighted by Gasteiger charge is -2.58. The SMILES string of the molecule is COc1cccc2c1C(=O)c1c(O)c3c(c(O)c1C2=O)C[C@@](O)(C(=O)CO)C[C@@H]3O[C@H]1C[C@H](NC(=O)CCC(=O)NCCCO[C@H]2CC[C@@]3(C)C(=CC[C@H]4[C@@H]5CC[C@H]([C@H](C)CCCC(C)C)[C@@]5(C)CC[C@@H]43)C2)[C@H](O)[C@H](C)O1. The van der Waals surface area contributed by atoms with Gasteiger partial charge in [-0.25, -0.2) is 0 Å². The van der Waals surface area contributed by atoms with Gasteiger partial charge in [-0.15, -0.1) is 0 Å². The van der Waals surface area contributed by atoms with Gasteiger partial charge in [0.2, 0.25) is 17.6 Å². The van der Waals surface area contributed by atoms with E-state index in [0.29, 0.717) is 25.0 Å². The monoisotopic (exact) mass is 1070 g/mol. The molecule has 1 saturated heterocycles. The zero-order chi connectivity index (χ0) is 55.3. The zero-order valence-corrected chi connectivity index (χ0v) is 46.3. The number of nitrogens with one attached hydrogen (secondary N) is 2.